The molecule has 0 aliphatic heterocycles. The summed E-state index contributed by atoms with van der Waals surface area (Å²) in [7, 11) is 0. The summed E-state index contributed by atoms with van der Waals surface area (Å²) < 4.78 is 7.36. The minimum Gasteiger partial charge on any atom is -0.463 e. The molecule has 5 nitrogen and oxygen atoms in total. The zero-order chi connectivity index (χ0) is 18.6. The number of hydrogen-bond acceptors (Lipinski definition) is 5. The topological polar surface area (TPSA) is 55.7 Å². The molecular weight excluding hydrogens is 356 g/mol. The molecule has 0 atom stereocenters. The summed E-state index contributed by atoms with van der Waals surface area (Å²) >= 11 is 1.52. The number of aromatic nitrogens is 2. The minimum absolute atomic E-state index is 0.742. The first-order chi connectivity index (χ1) is 13.2. The highest BCUT2D eigenvalue weighted by Gasteiger charge is 2.10. The zero-order valence-electron chi connectivity index (χ0n) is 15.0. The van der Waals surface area contributed by atoms with Crippen LogP contribution in [0.1, 0.15) is 16.8 Å². The lowest BCUT2D eigenvalue weighted by Crippen LogP contribution is -2.11. The average Bonchev–Trinajstić information content (AvgIpc) is 3.34. The fraction of sp³-hybridized carbons (Fsp3) is 0.0952. The predicted octanol–water partition coefficient (Wildman–Crippen LogP) is 4.94. The Hall–Kier alpha value is -3.25. The lowest BCUT2D eigenvalue weighted by atomic mass is 10.1. The maximum absolute atomic E-state index is 5.57. The summed E-state index contributed by atoms with van der Waals surface area (Å²) in [5.41, 5.74) is 4.93. The van der Waals surface area contributed by atoms with E-state index in [1.807, 2.05) is 47.8 Å². The van der Waals surface area contributed by atoms with Gasteiger partial charge in [-0.25, -0.2) is 9.67 Å². The molecule has 0 aliphatic carbocycles. The van der Waals surface area contributed by atoms with Crippen molar-refractivity contribution < 1.29 is 4.42 Å². The van der Waals surface area contributed by atoms with Crippen molar-refractivity contribution >= 4 is 23.2 Å². The van der Waals surface area contributed by atoms with E-state index in [0.29, 0.717) is 0 Å². The molecule has 3 heterocycles. The van der Waals surface area contributed by atoms with Gasteiger partial charge in [-0.3, -0.25) is 4.98 Å². The summed E-state index contributed by atoms with van der Waals surface area (Å²) in [5.74, 6) is 0.742. The fourth-order valence-corrected chi connectivity index (χ4v) is 3.44. The van der Waals surface area contributed by atoms with Gasteiger partial charge in [0.25, 0.3) is 0 Å². The molecule has 4 rings (SSSR count). The van der Waals surface area contributed by atoms with E-state index < -0.39 is 0 Å². The van der Waals surface area contributed by atoms with Crippen LogP contribution in [0.2, 0.25) is 0 Å². The summed E-state index contributed by atoms with van der Waals surface area (Å²) in [6, 6.07) is 15.6. The summed E-state index contributed by atoms with van der Waals surface area (Å²) in [4.78, 5) is 9.91. The van der Waals surface area contributed by atoms with Crippen molar-refractivity contribution in [1.82, 2.24) is 9.66 Å². The van der Waals surface area contributed by atoms with E-state index in [0.717, 1.165) is 33.2 Å². The Morgan fingerprint density at radius 1 is 1.07 bits per heavy atom. The average molecular weight is 374 g/mol. The molecule has 1 aromatic carbocycles. The van der Waals surface area contributed by atoms with E-state index in [9.17, 15) is 0 Å². The van der Waals surface area contributed by atoms with Crippen LogP contribution in [-0.4, -0.2) is 15.9 Å². The molecule has 0 fully saturated rings. The summed E-state index contributed by atoms with van der Waals surface area (Å²) in [5, 5.41) is 6.63. The molecule has 6 heteroatoms. The molecule has 3 aromatic heterocycles. The molecule has 0 bridgehead atoms. The second kappa shape index (κ2) is 7.55. The maximum atomic E-state index is 5.57. The third-order valence-electron chi connectivity index (χ3n) is 4.24. The van der Waals surface area contributed by atoms with Crippen LogP contribution in [0.5, 0.6) is 0 Å². The van der Waals surface area contributed by atoms with Gasteiger partial charge in [-0.15, -0.1) is 11.3 Å². The monoisotopic (exact) mass is 374 g/mol. The van der Waals surface area contributed by atoms with Crippen molar-refractivity contribution in [2.24, 2.45) is 10.1 Å². The van der Waals surface area contributed by atoms with Gasteiger partial charge in [0.05, 0.1) is 23.9 Å². The molecule has 0 saturated carbocycles. The van der Waals surface area contributed by atoms with Gasteiger partial charge in [0.1, 0.15) is 5.69 Å². The van der Waals surface area contributed by atoms with Crippen molar-refractivity contribution in [3.63, 3.8) is 0 Å². The predicted molar refractivity (Wildman–Crippen MR) is 108 cm³/mol. The third-order valence-corrected chi connectivity index (χ3v) is 5.06. The number of hydrogen-bond donors (Lipinski definition) is 0. The van der Waals surface area contributed by atoms with Crippen molar-refractivity contribution in [3.05, 3.63) is 88.0 Å². The van der Waals surface area contributed by atoms with Gasteiger partial charge >= 0.3 is 0 Å². The standard InChI is InChI=1S/C21H18N4OS/c1-15-7-5-9-18(16(15)2)24-21-25(23-13-17-8-3-4-11-22-17)19(14-27-21)20-10-6-12-26-20/h3-14H,1-2H3. The van der Waals surface area contributed by atoms with Gasteiger partial charge in [0.15, 0.2) is 5.76 Å². The third kappa shape index (κ3) is 3.66. The van der Waals surface area contributed by atoms with Crippen molar-refractivity contribution in [2.75, 3.05) is 0 Å². The lowest BCUT2D eigenvalue weighted by Gasteiger charge is -2.04. The first-order valence-corrected chi connectivity index (χ1v) is 9.41. The number of thiazole rings is 1. The molecule has 4 aromatic rings. The second-order valence-corrected chi connectivity index (χ2v) is 6.86. The van der Waals surface area contributed by atoms with E-state index in [-0.39, 0.29) is 0 Å². The van der Waals surface area contributed by atoms with Crippen LogP contribution in [-0.2, 0) is 0 Å². The Kier molecular flexibility index (Phi) is 4.80. The van der Waals surface area contributed by atoms with Crippen LogP contribution >= 0.6 is 11.3 Å². The Morgan fingerprint density at radius 2 is 2.00 bits per heavy atom. The molecule has 134 valence electrons. The van der Waals surface area contributed by atoms with Gasteiger partial charge in [0, 0.05) is 11.6 Å². The van der Waals surface area contributed by atoms with Crippen molar-refractivity contribution in [3.8, 4) is 11.5 Å². The van der Waals surface area contributed by atoms with E-state index >= 15 is 0 Å². The smallest absolute Gasteiger partial charge is 0.211 e. The Labute approximate surface area is 161 Å². The van der Waals surface area contributed by atoms with E-state index in [1.165, 1.54) is 16.9 Å². The number of benzene rings is 1. The molecule has 0 N–H and O–H groups in total. The molecule has 0 spiro atoms. The first-order valence-electron chi connectivity index (χ1n) is 8.53. The molecule has 27 heavy (non-hydrogen) atoms. The maximum Gasteiger partial charge on any atom is 0.211 e. The van der Waals surface area contributed by atoms with Crippen molar-refractivity contribution in [2.45, 2.75) is 13.8 Å². The molecule has 0 amide bonds. The molecule has 0 aliphatic rings. The summed E-state index contributed by atoms with van der Waals surface area (Å²) in [6.45, 7) is 4.17. The van der Waals surface area contributed by atoms with Crippen LogP contribution in [0.15, 0.2) is 80.9 Å². The molecular formula is C21H18N4OS. The molecule has 0 radical (unpaired) electrons. The zero-order valence-corrected chi connectivity index (χ0v) is 15.9. The number of furan rings is 1. The van der Waals surface area contributed by atoms with E-state index in [4.69, 9.17) is 9.41 Å². The minimum atomic E-state index is 0.742. The number of rotatable bonds is 4. The van der Waals surface area contributed by atoms with Crippen LogP contribution in [0, 0.1) is 13.8 Å². The van der Waals surface area contributed by atoms with Gasteiger partial charge < -0.3 is 4.42 Å². The highest BCUT2D eigenvalue weighted by Crippen LogP contribution is 2.23. The fourth-order valence-electron chi connectivity index (χ4n) is 2.61. The van der Waals surface area contributed by atoms with Crippen LogP contribution in [0.3, 0.4) is 0 Å². The number of nitrogens with zero attached hydrogens (tertiary/aromatic N) is 4. The Balaban J connectivity index is 1.86. The number of pyridine rings is 1. The number of aryl methyl sites for hydroxylation is 1. The van der Waals surface area contributed by atoms with Gasteiger partial charge in [0.2, 0.25) is 4.80 Å². The van der Waals surface area contributed by atoms with Gasteiger partial charge in [-0.05, 0) is 55.3 Å². The molecule has 0 unspecified atom stereocenters. The van der Waals surface area contributed by atoms with E-state index in [2.05, 4.69) is 30.0 Å². The van der Waals surface area contributed by atoms with Gasteiger partial charge in [-0.2, -0.15) is 5.10 Å². The largest absolute Gasteiger partial charge is 0.463 e. The quantitative estimate of drug-likeness (QED) is 0.475. The van der Waals surface area contributed by atoms with Gasteiger partial charge in [-0.1, -0.05) is 18.2 Å². The van der Waals surface area contributed by atoms with E-state index in [1.54, 1.807) is 23.4 Å². The van der Waals surface area contributed by atoms with Crippen LogP contribution < -0.4 is 4.80 Å². The van der Waals surface area contributed by atoms with Crippen LogP contribution in [0.4, 0.5) is 5.69 Å². The SMILES string of the molecule is Cc1cccc(N=c2scc(-c3ccco3)n2N=Cc2ccccn2)c1C. The normalized spacial score (nSPS) is 12.1. The lowest BCUT2D eigenvalue weighted by molar-refractivity contribution is 0.575. The summed E-state index contributed by atoms with van der Waals surface area (Å²) in [6.07, 6.45) is 5.12. The Bertz CT molecular complexity index is 1140. The highest BCUT2D eigenvalue weighted by atomic mass is 32.1. The molecule has 0 saturated heterocycles. The van der Waals surface area contributed by atoms with Crippen LogP contribution in [0.25, 0.3) is 11.5 Å². The Morgan fingerprint density at radius 3 is 2.78 bits per heavy atom. The highest BCUT2D eigenvalue weighted by molar-refractivity contribution is 7.07. The first kappa shape index (κ1) is 17.2. The second-order valence-electron chi connectivity index (χ2n) is 6.02. The van der Waals surface area contributed by atoms with Crippen molar-refractivity contribution in [1.29, 1.82) is 0 Å².